The standard InChI is InChI=1S/C13H24N4O/c1-8(6-5-7-9(2)14)13(18)15-12-10(3)11(4)16-17-12/h8-9H,5-7,14H2,1-4H3,(H2,15,16,17,18). The quantitative estimate of drug-likeness (QED) is 0.725. The van der Waals surface area contributed by atoms with Gasteiger partial charge in [-0.1, -0.05) is 13.3 Å². The van der Waals surface area contributed by atoms with E-state index in [9.17, 15) is 4.79 Å². The molecule has 1 aromatic heterocycles. The van der Waals surface area contributed by atoms with E-state index in [1.165, 1.54) is 0 Å². The van der Waals surface area contributed by atoms with Crippen LogP contribution in [0.25, 0.3) is 0 Å². The lowest BCUT2D eigenvalue weighted by Crippen LogP contribution is -2.22. The summed E-state index contributed by atoms with van der Waals surface area (Å²) in [6, 6.07) is 0.205. The lowest BCUT2D eigenvalue weighted by Gasteiger charge is -2.12. The van der Waals surface area contributed by atoms with Gasteiger partial charge in [-0.3, -0.25) is 9.89 Å². The molecule has 0 spiro atoms. The van der Waals surface area contributed by atoms with E-state index in [0.717, 1.165) is 30.5 Å². The van der Waals surface area contributed by atoms with Crippen molar-refractivity contribution in [3.05, 3.63) is 11.3 Å². The molecule has 5 nitrogen and oxygen atoms in total. The lowest BCUT2D eigenvalue weighted by molar-refractivity contribution is -0.119. The van der Waals surface area contributed by atoms with Crippen molar-refractivity contribution in [1.29, 1.82) is 0 Å². The second-order valence-electron chi connectivity index (χ2n) is 5.12. The zero-order valence-electron chi connectivity index (χ0n) is 11.7. The molecule has 1 aromatic rings. The number of aromatic nitrogens is 2. The largest absolute Gasteiger partial charge is 0.328 e. The molecule has 0 aromatic carbocycles. The van der Waals surface area contributed by atoms with Gasteiger partial charge < -0.3 is 11.1 Å². The van der Waals surface area contributed by atoms with Gasteiger partial charge in [-0.25, -0.2) is 0 Å². The van der Waals surface area contributed by atoms with E-state index < -0.39 is 0 Å². The average molecular weight is 252 g/mol. The van der Waals surface area contributed by atoms with Gasteiger partial charge in [0.1, 0.15) is 0 Å². The van der Waals surface area contributed by atoms with Crippen molar-refractivity contribution in [3.63, 3.8) is 0 Å². The summed E-state index contributed by atoms with van der Waals surface area (Å²) in [4.78, 5) is 12.0. The Hall–Kier alpha value is -1.36. The number of rotatable bonds is 6. The van der Waals surface area contributed by atoms with Crippen molar-refractivity contribution >= 4 is 11.7 Å². The number of aryl methyl sites for hydroxylation is 1. The predicted octanol–water partition coefficient (Wildman–Crippen LogP) is 2.12. The van der Waals surface area contributed by atoms with Gasteiger partial charge >= 0.3 is 0 Å². The molecule has 0 fully saturated rings. The molecule has 18 heavy (non-hydrogen) atoms. The molecule has 4 N–H and O–H groups in total. The summed E-state index contributed by atoms with van der Waals surface area (Å²) in [6.45, 7) is 7.80. The van der Waals surface area contributed by atoms with Gasteiger partial charge in [0.15, 0.2) is 5.82 Å². The number of hydrogen-bond acceptors (Lipinski definition) is 3. The number of nitrogens with zero attached hydrogens (tertiary/aromatic N) is 1. The Morgan fingerprint density at radius 2 is 2.06 bits per heavy atom. The zero-order chi connectivity index (χ0) is 13.7. The maximum atomic E-state index is 12.0. The molecular formula is C13H24N4O. The Balaban J connectivity index is 2.42. The predicted molar refractivity (Wildman–Crippen MR) is 73.4 cm³/mol. The molecule has 0 aliphatic rings. The first-order valence-corrected chi connectivity index (χ1v) is 6.49. The highest BCUT2D eigenvalue weighted by molar-refractivity contribution is 5.92. The molecule has 0 bridgehead atoms. The van der Waals surface area contributed by atoms with E-state index in [0.29, 0.717) is 5.82 Å². The SMILES string of the molecule is Cc1[nH]nc(NC(=O)C(C)CCCC(C)N)c1C. The van der Waals surface area contributed by atoms with Crippen molar-refractivity contribution in [2.75, 3.05) is 5.32 Å². The first kappa shape index (κ1) is 14.7. The average Bonchev–Trinajstić information content (AvgIpc) is 2.60. The van der Waals surface area contributed by atoms with Gasteiger partial charge in [0, 0.05) is 23.2 Å². The van der Waals surface area contributed by atoms with E-state index in [1.807, 2.05) is 27.7 Å². The molecule has 0 aliphatic carbocycles. The van der Waals surface area contributed by atoms with Crippen molar-refractivity contribution in [2.24, 2.45) is 11.7 Å². The van der Waals surface area contributed by atoms with E-state index in [2.05, 4.69) is 15.5 Å². The summed E-state index contributed by atoms with van der Waals surface area (Å²) in [6.07, 6.45) is 2.79. The molecule has 1 amide bonds. The van der Waals surface area contributed by atoms with Gasteiger partial charge in [-0.2, -0.15) is 5.10 Å². The van der Waals surface area contributed by atoms with Crippen LogP contribution < -0.4 is 11.1 Å². The van der Waals surface area contributed by atoms with Crippen molar-refractivity contribution in [1.82, 2.24) is 10.2 Å². The van der Waals surface area contributed by atoms with Crippen molar-refractivity contribution in [3.8, 4) is 0 Å². The Kier molecular flexibility index (Phi) is 5.34. The second kappa shape index (κ2) is 6.54. The minimum Gasteiger partial charge on any atom is -0.328 e. The minimum absolute atomic E-state index is 0.0137. The molecule has 102 valence electrons. The Morgan fingerprint density at radius 1 is 1.39 bits per heavy atom. The van der Waals surface area contributed by atoms with Crippen LogP contribution in [0.3, 0.4) is 0 Å². The molecule has 0 aliphatic heterocycles. The zero-order valence-corrected chi connectivity index (χ0v) is 11.7. The highest BCUT2D eigenvalue weighted by Gasteiger charge is 2.15. The third-order valence-corrected chi connectivity index (χ3v) is 3.24. The topological polar surface area (TPSA) is 83.8 Å². The molecule has 0 saturated carbocycles. The monoisotopic (exact) mass is 252 g/mol. The fraction of sp³-hybridized carbons (Fsp3) is 0.692. The van der Waals surface area contributed by atoms with Gasteiger partial charge in [0.25, 0.3) is 0 Å². The Labute approximate surface area is 109 Å². The molecule has 1 heterocycles. The van der Waals surface area contributed by atoms with Crippen LogP contribution in [0.4, 0.5) is 5.82 Å². The summed E-state index contributed by atoms with van der Waals surface area (Å²) in [5, 5.41) is 9.78. The summed E-state index contributed by atoms with van der Waals surface area (Å²) >= 11 is 0. The molecule has 1 rings (SSSR count). The van der Waals surface area contributed by atoms with E-state index in [-0.39, 0.29) is 17.9 Å². The summed E-state index contributed by atoms with van der Waals surface area (Å²) < 4.78 is 0. The number of carbonyl (C=O) groups excluding carboxylic acids is 1. The molecule has 0 radical (unpaired) electrons. The number of nitrogens with two attached hydrogens (primary N) is 1. The van der Waals surface area contributed by atoms with Crippen LogP contribution in [0.5, 0.6) is 0 Å². The molecule has 0 saturated heterocycles. The highest BCUT2D eigenvalue weighted by atomic mass is 16.1. The number of nitrogens with one attached hydrogen (secondary N) is 2. The molecular weight excluding hydrogens is 228 g/mol. The minimum atomic E-state index is -0.0137. The number of hydrogen-bond donors (Lipinski definition) is 3. The number of H-pyrrole nitrogens is 1. The van der Waals surface area contributed by atoms with Crippen LogP contribution in [0, 0.1) is 19.8 Å². The third-order valence-electron chi connectivity index (χ3n) is 3.24. The number of aromatic amines is 1. The van der Waals surface area contributed by atoms with Gasteiger partial charge in [-0.15, -0.1) is 0 Å². The number of amides is 1. The highest BCUT2D eigenvalue weighted by Crippen LogP contribution is 2.16. The van der Waals surface area contributed by atoms with E-state index >= 15 is 0 Å². The van der Waals surface area contributed by atoms with E-state index in [4.69, 9.17) is 5.73 Å². The Morgan fingerprint density at radius 3 is 2.56 bits per heavy atom. The molecule has 2 atom stereocenters. The van der Waals surface area contributed by atoms with E-state index in [1.54, 1.807) is 0 Å². The summed E-state index contributed by atoms with van der Waals surface area (Å²) in [7, 11) is 0. The van der Waals surface area contributed by atoms with Crippen LogP contribution in [0.1, 0.15) is 44.4 Å². The van der Waals surface area contributed by atoms with Crippen LogP contribution in [-0.4, -0.2) is 22.1 Å². The van der Waals surface area contributed by atoms with Crippen LogP contribution in [0.2, 0.25) is 0 Å². The fourth-order valence-corrected chi connectivity index (χ4v) is 1.72. The summed E-state index contributed by atoms with van der Waals surface area (Å²) in [5.74, 6) is 0.644. The number of carbonyl (C=O) groups is 1. The number of anilines is 1. The van der Waals surface area contributed by atoms with Crippen LogP contribution in [0.15, 0.2) is 0 Å². The maximum absolute atomic E-state index is 12.0. The van der Waals surface area contributed by atoms with Gasteiger partial charge in [-0.05, 0) is 33.6 Å². The Bertz CT molecular complexity index is 398. The maximum Gasteiger partial charge on any atom is 0.228 e. The first-order chi connectivity index (χ1) is 8.41. The van der Waals surface area contributed by atoms with Crippen LogP contribution >= 0.6 is 0 Å². The fourth-order valence-electron chi connectivity index (χ4n) is 1.72. The summed E-state index contributed by atoms with van der Waals surface area (Å²) in [5.41, 5.74) is 7.66. The van der Waals surface area contributed by atoms with Gasteiger partial charge in [0.05, 0.1) is 0 Å². The molecule has 5 heteroatoms. The second-order valence-corrected chi connectivity index (χ2v) is 5.12. The van der Waals surface area contributed by atoms with Crippen LogP contribution in [-0.2, 0) is 4.79 Å². The third kappa shape index (κ3) is 4.14. The molecule has 2 unspecified atom stereocenters. The smallest absolute Gasteiger partial charge is 0.228 e. The normalized spacial score (nSPS) is 14.3. The van der Waals surface area contributed by atoms with Crippen molar-refractivity contribution < 1.29 is 4.79 Å². The van der Waals surface area contributed by atoms with Gasteiger partial charge in [0.2, 0.25) is 5.91 Å². The lowest BCUT2D eigenvalue weighted by atomic mass is 10.0. The van der Waals surface area contributed by atoms with Crippen molar-refractivity contribution in [2.45, 2.75) is 53.0 Å². The first-order valence-electron chi connectivity index (χ1n) is 6.49.